The Labute approximate surface area is 58.7 Å². The largest absolute Gasteiger partial charge is 0.298 e. The average molecular weight is 143 g/mol. The summed E-state index contributed by atoms with van der Waals surface area (Å²) < 4.78 is 0. The van der Waals surface area contributed by atoms with Crippen LogP contribution in [0.4, 0.5) is 0 Å². The van der Waals surface area contributed by atoms with E-state index < -0.39 is 0 Å². The highest BCUT2D eigenvalue weighted by Crippen LogP contribution is 2.14. The number of hydrogen-bond donors (Lipinski definition) is 1. The van der Waals surface area contributed by atoms with Gasteiger partial charge in [-0.2, -0.15) is 0 Å². The molecule has 50 valence electrons. The first-order valence-corrected chi connectivity index (χ1v) is 3.91. The van der Waals surface area contributed by atoms with Crippen LogP contribution < -0.4 is 5.32 Å². The summed E-state index contributed by atoms with van der Waals surface area (Å²) in [6.07, 6.45) is 1.37. The maximum atomic E-state index is 10.8. The lowest BCUT2D eigenvalue weighted by molar-refractivity contribution is -0.114. The van der Waals surface area contributed by atoms with Crippen molar-refractivity contribution >= 4 is 17.5 Å². The molecular weight excluding hydrogens is 134 g/mol. The van der Waals surface area contributed by atoms with Crippen LogP contribution in [0.25, 0.3) is 0 Å². The number of thioether (sulfide) groups is 1. The molecule has 1 saturated heterocycles. The summed E-state index contributed by atoms with van der Waals surface area (Å²) in [5.41, 5.74) is 0. The van der Waals surface area contributed by atoms with Crippen LogP contribution in [0.2, 0.25) is 0 Å². The summed E-state index contributed by atoms with van der Waals surface area (Å²) in [6, 6.07) is 0. The van der Waals surface area contributed by atoms with Gasteiger partial charge < -0.3 is 0 Å². The predicted octanol–water partition coefficient (Wildman–Crippen LogP) is 0.404. The molecular formula is C6H9NOS. The van der Waals surface area contributed by atoms with Crippen molar-refractivity contribution in [3.05, 3.63) is 12.7 Å². The molecule has 0 radical (unpaired) electrons. The van der Waals surface area contributed by atoms with Gasteiger partial charge in [0, 0.05) is 12.3 Å². The lowest BCUT2D eigenvalue weighted by Gasteiger charge is -2.01. The van der Waals surface area contributed by atoms with Gasteiger partial charge in [-0.15, -0.1) is 11.8 Å². The predicted molar refractivity (Wildman–Crippen MR) is 39.5 cm³/mol. The Kier molecular flexibility index (Phi) is 2.30. The third kappa shape index (κ3) is 1.56. The Morgan fingerprint density at radius 3 is 3.11 bits per heavy atom. The molecule has 0 spiro atoms. The van der Waals surface area contributed by atoms with Crippen LogP contribution in [0.3, 0.4) is 0 Å². The summed E-state index contributed by atoms with van der Waals surface area (Å²) >= 11 is 1.64. The fraction of sp³-hybridized carbons (Fsp3) is 0.500. The number of rotatable bonds is 2. The fourth-order valence-corrected chi connectivity index (χ4v) is 1.68. The minimum absolute atomic E-state index is 0.0116. The lowest BCUT2D eigenvalue weighted by atomic mass is 10.4. The Morgan fingerprint density at radius 2 is 2.67 bits per heavy atom. The number of nitrogens with one attached hydrogen (secondary N) is 1. The summed E-state index contributed by atoms with van der Waals surface area (Å²) in [7, 11) is 0. The standard InChI is InChI=1S/C6H9NOS/c1-2-5(8)6-7-3-4-9-6/h2,6-7H,1,3-4H2. The van der Waals surface area contributed by atoms with Crippen LogP contribution in [-0.4, -0.2) is 23.5 Å². The normalized spacial score (nSPS) is 26.0. The van der Waals surface area contributed by atoms with E-state index >= 15 is 0 Å². The highest BCUT2D eigenvalue weighted by molar-refractivity contribution is 8.00. The average Bonchev–Trinajstić information content (AvgIpc) is 2.37. The van der Waals surface area contributed by atoms with E-state index in [-0.39, 0.29) is 11.2 Å². The van der Waals surface area contributed by atoms with E-state index in [4.69, 9.17) is 0 Å². The molecule has 3 heteroatoms. The number of hydrogen-bond acceptors (Lipinski definition) is 3. The van der Waals surface area contributed by atoms with E-state index in [1.165, 1.54) is 6.08 Å². The molecule has 0 aliphatic carbocycles. The molecule has 0 aromatic rings. The van der Waals surface area contributed by atoms with Gasteiger partial charge >= 0.3 is 0 Å². The highest BCUT2D eigenvalue weighted by Gasteiger charge is 2.19. The van der Waals surface area contributed by atoms with Gasteiger partial charge in [0.25, 0.3) is 0 Å². The van der Waals surface area contributed by atoms with Crippen LogP contribution in [0.15, 0.2) is 12.7 Å². The van der Waals surface area contributed by atoms with Gasteiger partial charge in [-0.1, -0.05) is 6.58 Å². The molecule has 0 saturated carbocycles. The van der Waals surface area contributed by atoms with E-state index in [1.54, 1.807) is 11.8 Å². The van der Waals surface area contributed by atoms with Crippen molar-refractivity contribution in [1.29, 1.82) is 0 Å². The van der Waals surface area contributed by atoms with Gasteiger partial charge in [0.05, 0.1) is 0 Å². The molecule has 1 N–H and O–H groups in total. The monoisotopic (exact) mass is 143 g/mol. The van der Waals surface area contributed by atoms with E-state index in [9.17, 15) is 4.79 Å². The van der Waals surface area contributed by atoms with Gasteiger partial charge in [-0.3, -0.25) is 10.1 Å². The van der Waals surface area contributed by atoms with E-state index in [2.05, 4.69) is 11.9 Å². The van der Waals surface area contributed by atoms with Crippen molar-refractivity contribution in [2.75, 3.05) is 12.3 Å². The van der Waals surface area contributed by atoms with Gasteiger partial charge in [-0.25, -0.2) is 0 Å². The second-order valence-electron chi connectivity index (χ2n) is 1.81. The third-order valence-electron chi connectivity index (χ3n) is 1.18. The minimum Gasteiger partial charge on any atom is -0.298 e. The van der Waals surface area contributed by atoms with Gasteiger partial charge in [0.15, 0.2) is 5.78 Å². The first kappa shape index (κ1) is 6.83. The maximum Gasteiger partial charge on any atom is 0.182 e. The highest BCUT2D eigenvalue weighted by atomic mass is 32.2. The van der Waals surface area contributed by atoms with Crippen molar-refractivity contribution in [3.8, 4) is 0 Å². The van der Waals surface area contributed by atoms with E-state index in [0.29, 0.717) is 0 Å². The Hall–Kier alpha value is -0.280. The van der Waals surface area contributed by atoms with Crippen molar-refractivity contribution in [1.82, 2.24) is 5.32 Å². The lowest BCUT2D eigenvalue weighted by Crippen LogP contribution is -2.26. The molecule has 0 aromatic carbocycles. The zero-order chi connectivity index (χ0) is 6.69. The van der Waals surface area contributed by atoms with Crippen molar-refractivity contribution in [3.63, 3.8) is 0 Å². The molecule has 0 aromatic heterocycles. The number of carbonyl (C=O) groups is 1. The molecule has 0 bridgehead atoms. The first-order chi connectivity index (χ1) is 4.34. The zero-order valence-electron chi connectivity index (χ0n) is 5.09. The Balaban J connectivity index is 2.41. The first-order valence-electron chi connectivity index (χ1n) is 2.86. The summed E-state index contributed by atoms with van der Waals surface area (Å²) in [5, 5.41) is 3.04. The minimum atomic E-state index is -0.0116. The molecule has 1 aliphatic rings. The number of carbonyl (C=O) groups excluding carboxylic acids is 1. The third-order valence-corrected chi connectivity index (χ3v) is 2.35. The van der Waals surface area contributed by atoms with E-state index in [0.717, 1.165) is 12.3 Å². The van der Waals surface area contributed by atoms with Gasteiger partial charge in [0.2, 0.25) is 0 Å². The van der Waals surface area contributed by atoms with Crippen LogP contribution >= 0.6 is 11.8 Å². The quantitative estimate of drug-likeness (QED) is 0.567. The molecule has 0 amide bonds. The van der Waals surface area contributed by atoms with Gasteiger partial charge in [-0.05, 0) is 6.08 Å². The summed E-state index contributed by atoms with van der Waals surface area (Å²) in [5.74, 6) is 1.13. The SMILES string of the molecule is C=CC(=O)C1NCCS1. The molecule has 1 rings (SSSR count). The van der Waals surface area contributed by atoms with Crippen molar-refractivity contribution < 1.29 is 4.79 Å². The molecule has 2 nitrogen and oxygen atoms in total. The Morgan fingerprint density at radius 1 is 1.89 bits per heavy atom. The maximum absolute atomic E-state index is 10.8. The van der Waals surface area contributed by atoms with Crippen LogP contribution in [0.5, 0.6) is 0 Å². The smallest absolute Gasteiger partial charge is 0.182 e. The summed E-state index contributed by atoms with van der Waals surface area (Å²) in [6.45, 7) is 4.34. The van der Waals surface area contributed by atoms with Crippen LogP contribution in [-0.2, 0) is 4.79 Å². The second-order valence-corrected chi connectivity index (χ2v) is 3.02. The second kappa shape index (κ2) is 3.03. The number of ketones is 1. The Bertz CT molecular complexity index is 129. The molecule has 1 unspecified atom stereocenters. The van der Waals surface area contributed by atoms with Crippen LogP contribution in [0, 0.1) is 0 Å². The molecule has 1 aliphatic heterocycles. The molecule has 9 heavy (non-hydrogen) atoms. The van der Waals surface area contributed by atoms with Crippen LogP contribution in [0.1, 0.15) is 0 Å². The molecule has 1 heterocycles. The molecule has 1 fully saturated rings. The molecule has 1 atom stereocenters. The van der Waals surface area contributed by atoms with Crippen molar-refractivity contribution in [2.24, 2.45) is 0 Å². The van der Waals surface area contributed by atoms with Crippen molar-refractivity contribution in [2.45, 2.75) is 5.37 Å². The van der Waals surface area contributed by atoms with Gasteiger partial charge in [0.1, 0.15) is 5.37 Å². The zero-order valence-corrected chi connectivity index (χ0v) is 5.91. The topological polar surface area (TPSA) is 29.1 Å². The summed E-state index contributed by atoms with van der Waals surface area (Å²) in [4.78, 5) is 10.8. The van der Waals surface area contributed by atoms with E-state index in [1.807, 2.05) is 0 Å². The fourth-order valence-electron chi connectivity index (χ4n) is 0.715.